The Hall–Kier alpha value is -1.36. The van der Waals surface area contributed by atoms with Crippen molar-refractivity contribution >= 4 is 5.91 Å². The zero-order chi connectivity index (χ0) is 12.1. The molecule has 0 aliphatic rings. The third-order valence-corrected chi connectivity index (χ3v) is 2.23. The van der Waals surface area contributed by atoms with E-state index in [9.17, 15) is 4.79 Å². The van der Waals surface area contributed by atoms with Crippen molar-refractivity contribution in [3.8, 4) is 0 Å². The Morgan fingerprint density at radius 3 is 2.81 bits per heavy atom. The largest absolute Gasteiger partial charge is 0.383 e. The molecule has 0 fully saturated rings. The summed E-state index contributed by atoms with van der Waals surface area (Å²) in [5, 5.41) is 6.58. The van der Waals surface area contributed by atoms with E-state index in [1.165, 1.54) is 0 Å². The molecule has 1 amide bonds. The lowest BCUT2D eigenvalue weighted by Gasteiger charge is -2.06. The van der Waals surface area contributed by atoms with E-state index in [1.54, 1.807) is 14.0 Å². The van der Waals surface area contributed by atoms with E-state index in [-0.39, 0.29) is 11.8 Å². The highest BCUT2D eigenvalue weighted by Crippen LogP contribution is 2.21. The van der Waals surface area contributed by atoms with Crippen LogP contribution in [0.15, 0.2) is 4.52 Å². The summed E-state index contributed by atoms with van der Waals surface area (Å²) in [5.41, 5.74) is 1.17. The molecule has 0 radical (unpaired) electrons. The molecule has 0 aliphatic carbocycles. The molecule has 1 aromatic rings. The molecule has 1 N–H and O–H groups in total. The van der Waals surface area contributed by atoms with Crippen LogP contribution < -0.4 is 5.32 Å². The molecule has 0 saturated heterocycles. The molecular formula is C11H18N2O3. The zero-order valence-electron chi connectivity index (χ0n) is 10.2. The lowest BCUT2D eigenvalue weighted by molar-refractivity contribution is 0.0934. The number of ether oxygens (including phenoxy) is 1. The van der Waals surface area contributed by atoms with E-state index >= 15 is 0 Å². The normalized spacial score (nSPS) is 10.8. The summed E-state index contributed by atoms with van der Waals surface area (Å²) >= 11 is 0. The third-order valence-electron chi connectivity index (χ3n) is 2.23. The van der Waals surface area contributed by atoms with Crippen molar-refractivity contribution in [2.75, 3.05) is 20.3 Å². The van der Waals surface area contributed by atoms with Gasteiger partial charge < -0.3 is 14.6 Å². The monoisotopic (exact) mass is 226 g/mol. The summed E-state index contributed by atoms with van der Waals surface area (Å²) in [6, 6.07) is 0. The summed E-state index contributed by atoms with van der Waals surface area (Å²) in [5.74, 6) is 0.622. The Labute approximate surface area is 95.1 Å². The number of aryl methyl sites for hydroxylation is 1. The quantitative estimate of drug-likeness (QED) is 0.772. The van der Waals surface area contributed by atoms with Gasteiger partial charge >= 0.3 is 0 Å². The Morgan fingerprint density at radius 2 is 2.25 bits per heavy atom. The van der Waals surface area contributed by atoms with Gasteiger partial charge in [-0.2, -0.15) is 0 Å². The molecule has 0 saturated carbocycles. The van der Waals surface area contributed by atoms with Crippen LogP contribution in [0.4, 0.5) is 0 Å². The van der Waals surface area contributed by atoms with Crippen molar-refractivity contribution in [2.24, 2.45) is 0 Å². The van der Waals surface area contributed by atoms with Gasteiger partial charge in [0.2, 0.25) is 0 Å². The van der Waals surface area contributed by atoms with Crippen molar-refractivity contribution in [1.29, 1.82) is 0 Å². The van der Waals surface area contributed by atoms with Gasteiger partial charge in [-0.25, -0.2) is 0 Å². The summed E-state index contributed by atoms with van der Waals surface area (Å²) in [4.78, 5) is 11.9. The first-order valence-electron chi connectivity index (χ1n) is 5.31. The van der Waals surface area contributed by atoms with Gasteiger partial charge in [-0.3, -0.25) is 4.79 Å². The Morgan fingerprint density at radius 1 is 1.56 bits per heavy atom. The smallest absolute Gasteiger partial charge is 0.256 e. The van der Waals surface area contributed by atoms with Crippen LogP contribution in [-0.4, -0.2) is 31.3 Å². The summed E-state index contributed by atoms with van der Waals surface area (Å²) in [7, 11) is 1.59. The van der Waals surface area contributed by atoms with Gasteiger partial charge in [-0.05, 0) is 6.92 Å². The van der Waals surface area contributed by atoms with Gasteiger partial charge in [0.1, 0.15) is 5.56 Å². The van der Waals surface area contributed by atoms with Crippen LogP contribution in [0.25, 0.3) is 0 Å². The van der Waals surface area contributed by atoms with Gasteiger partial charge in [0.25, 0.3) is 5.91 Å². The van der Waals surface area contributed by atoms with E-state index in [0.717, 1.165) is 0 Å². The minimum absolute atomic E-state index is 0.143. The highest BCUT2D eigenvalue weighted by Gasteiger charge is 2.21. The predicted molar refractivity (Wildman–Crippen MR) is 59.5 cm³/mol. The average molecular weight is 226 g/mol. The van der Waals surface area contributed by atoms with E-state index in [1.807, 2.05) is 13.8 Å². The van der Waals surface area contributed by atoms with Gasteiger partial charge in [0.15, 0.2) is 5.76 Å². The van der Waals surface area contributed by atoms with Gasteiger partial charge in [-0.15, -0.1) is 0 Å². The Bertz CT molecular complexity index is 358. The van der Waals surface area contributed by atoms with E-state index in [0.29, 0.717) is 30.2 Å². The minimum Gasteiger partial charge on any atom is -0.383 e. The van der Waals surface area contributed by atoms with E-state index < -0.39 is 0 Å². The fraction of sp³-hybridized carbons (Fsp3) is 0.636. The predicted octanol–water partition coefficient (Wildman–Crippen LogP) is 1.48. The van der Waals surface area contributed by atoms with Crippen molar-refractivity contribution in [1.82, 2.24) is 10.5 Å². The zero-order valence-corrected chi connectivity index (χ0v) is 10.2. The lowest BCUT2D eigenvalue weighted by atomic mass is 10.0. The van der Waals surface area contributed by atoms with Gasteiger partial charge in [0.05, 0.1) is 12.3 Å². The first-order valence-corrected chi connectivity index (χ1v) is 5.31. The van der Waals surface area contributed by atoms with Gasteiger partial charge in [-0.1, -0.05) is 19.0 Å². The molecule has 0 aliphatic heterocycles. The average Bonchev–Trinajstić information content (AvgIpc) is 2.60. The first-order chi connectivity index (χ1) is 7.57. The second kappa shape index (κ2) is 5.65. The molecule has 0 unspecified atom stereocenters. The topological polar surface area (TPSA) is 64.4 Å². The highest BCUT2D eigenvalue weighted by molar-refractivity contribution is 5.96. The second-order valence-electron chi connectivity index (χ2n) is 3.91. The van der Waals surface area contributed by atoms with Crippen LogP contribution in [-0.2, 0) is 4.74 Å². The number of hydrogen-bond donors (Lipinski definition) is 1. The summed E-state index contributed by atoms with van der Waals surface area (Å²) < 4.78 is 10.0. The standard InChI is InChI=1S/C11H18N2O3/c1-7(2)10-9(8(3)13-16-10)11(14)12-5-6-15-4/h7H,5-6H2,1-4H3,(H,12,14). The molecule has 90 valence electrons. The maximum absolute atomic E-state index is 11.9. The molecule has 1 aromatic heterocycles. The Kier molecular flexibility index (Phi) is 4.49. The SMILES string of the molecule is COCCNC(=O)c1c(C)noc1C(C)C. The number of nitrogens with zero attached hydrogens (tertiary/aromatic N) is 1. The number of nitrogens with one attached hydrogen (secondary N) is 1. The molecule has 5 nitrogen and oxygen atoms in total. The second-order valence-corrected chi connectivity index (χ2v) is 3.91. The van der Waals surface area contributed by atoms with Gasteiger partial charge in [0, 0.05) is 19.6 Å². The van der Waals surface area contributed by atoms with E-state index in [2.05, 4.69) is 10.5 Å². The number of hydrogen-bond acceptors (Lipinski definition) is 4. The van der Waals surface area contributed by atoms with Crippen LogP contribution in [0, 0.1) is 6.92 Å². The molecule has 0 aromatic carbocycles. The third kappa shape index (κ3) is 2.82. The van der Waals surface area contributed by atoms with Crippen molar-refractivity contribution in [3.05, 3.63) is 17.0 Å². The Balaban J connectivity index is 2.77. The molecular weight excluding hydrogens is 208 g/mol. The number of methoxy groups -OCH3 is 1. The van der Waals surface area contributed by atoms with E-state index in [4.69, 9.17) is 9.26 Å². The fourth-order valence-electron chi connectivity index (χ4n) is 1.41. The van der Waals surface area contributed by atoms with Crippen LogP contribution in [0.3, 0.4) is 0 Å². The van der Waals surface area contributed by atoms with Crippen molar-refractivity contribution in [2.45, 2.75) is 26.7 Å². The molecule has 0 spiro atoms. The molecule has 5 heteroatoms. The molecule has 0 atom stereocenters. The highest BCUT2D eigenvalue weighted by atomic mass is 16.5. The van der Waals surface area contributed by atoms with Crippen LogP contribution in [0.2, 0.25) is 0 Å². The maximum Gasteiger partial charge on any atom is 0.256 e. The minimum atomic E-state index is -0.153. The maximum atomic E-state index is 11.9. The number of aromatic nitrogens is 1. The molecule has 16 heavy (non-hydrogen) atoms. The summed E-state index contributed by atoms with van der Waals surface area (Å²) in [6.07, 6.45) is 0. The lowest BCUT2D eigenvalue weighted by Crippen LogP contribution is -2.28. The number of carbonyl (C=O) groups is 1. The van der Waals surface area contributed by atoms with Crippen LogP contribution in [0.5, 0.6) is 0 Å². The number of amides is 1. The van der Waals surface area contributed by atoms with Crippen molar-refractivity contribution in [3.63, 3.8) is 0 Å². The molecule has 0 bridgehead atoms. The summed E-state index contributed by atoms with van der Waals surface area (Å²) in [6.45, 7) is 6.67. The van der Waals surface area contributed by atoms with Crippen LogP contribution in [0.1, 0.15) is 41.6 Å². The molecule has 1 rings (SSSR count). The van der Waals surface area contributed by atoms with Crippen molar-refractivity contribution < 1.29 is 14.1 Å². The number of rotatable bonds is 5. The first kappa shape index (κ1) is 12.7. The fourth-order valence-corrected chi connectivity index (χ4v) is 1.41. The van der Waals surface area contributed by atoms with Crippen LogP contribution >= 0.6 is 0 Å². The number of carbonyl (C=O) groups excluding carboxylic acids is 1. The molecule has 1 heterocycles.